The molecule has 1 aromatic rings. The highest BCUT2D eigenvalue weighted by Gasteiger charge is 2.24. The van der Waals surface area contributed by atoms with Crippen molar-refractivity contribution in [3.05, 3.63) is 41.3 Å². The van der Waals surface area contributed by atoms with E-state index in [0.717, 1.165) is 15.3 Å². The molecule has 6 heteroatoms. The first-order chi connectivity index (χ1) is 8.83. The quantitative estimate of drug-likeness (QED) is 0.863. The summed E-state index contributed by atoms with van der Waals surface area (Å²) in [7, 11) is -3.74. The number of nitrogens with zero attached hydrogens (tertiary/aromatic N) is 1. The fraction of sp³-hybridized carbons (Fsp3) is 0.308. The summed E-state index contributed by atoms with van der Waals surface area (Å²) in [5, 5.41) is 9.78. The predicted octanol–water partition coefficient (Wildman–Crippen LogP) is 1.78. The Kier molecular flexibility index (Phi) is 5.26. The van der Waals surface area contributed by atoms with Gasteiger partial charge in [0.2, 0.25) is 10.0 Å². The monoisotopic (exact) mass is 283 g/mol. The summed E-state index contributed by atoms with van der Waals surface area (Å²) in [6, 6.07) is 8.54. The predicted molar refractivity (Wildman–Crippen MR) is 73.9 cm³/mol. The van der Waals surface area contributed by atoms with Gasteiger partial charge >= 0.3 is 5.97 Å². The van der Waals surface area contributed by atoms with Crippen LogP contribution in [0.2, 0.25) is 0 Å². The van der Waals surface area contributed by atoms with Crippen LogP contribution in [0.25, 0.3) is 6.08 Å². The standard InChI is InChI=1S/C13H17NO4S/c1-11(2)14(10-13(15)16)19(17,18)9-8-12-6-4-3-5-7-12/h3-9,11H,10H2,1-2H3,(H,15,16)/b9-8+. The van der Waals surface area contributed by atoms with Crippen molar-refractivity contribution in [3.63, 3.8) is 0 Å². The molecule has 0 bridgehead atoms. The molecule has 0 heterocycles. The summed E-state index contributed by atoms with van der Waals surface area (Å²) in [4.78, 5) is 10.7. The molecule has 104 valence electrons. The van der Waals surface area contributed by atoms with Crippen LogP contribution in [0.3, 0.4) is 0 Å². The molecule has 0 aromatic heterocycles. The third kappa shape index (κ3) is 4.84. The zero-order valence-electron chi connectivity index (χ0n) is 10.9. The zero-order valence-corrected chi connectivity index (χ0v) is 11.7. The van der Waals surface area contributed by atoms with E-state index in [1.165, 1.54) is 6.08 Å². The first-order valence-electron chi connectivity index (χ1n) is 5.79. The van der Waals surface area contributed by atoms with E-state index < -0.39 is 28.6 Å². The molecule has 0 spiro atoms. The molecule has 0 amide bonds. The second-order valence-electron chi connectivity index (χ2n) is 4.29. The second kappa shape index (κ2) is 6.49. The lowest BCUT2D eigenvalue weighted by Crippen LogP contribution is -2.39. The van der Waals surface area contributed by atoms with Gasteiger partial charge in [-0.25, -0.2) is 8.42 Å². The number of hydrogen-bond acceptors (Lipinski definition) is 3. The summed E-state index contributed by atoms with van der Waals surface area (Å²) in [5.41, 5.74) is 0.741. The summed E-state index contributed by atoms with van der Waals surface area (Å²) >= 11 is 0. The molecule has 1 rings (SSSR count). The normalized spacial score (nSPS) is 12.4. The molecular weight excluding hydrogens is 266 g/mol. The van der Waals surface area contributed by atoms with Crippen molar-refractivity contribution >= 4 is 22.1 Å². The molecule has 0 aliphatic rings. The van der Waals surface area contributed by atoms with Crippen molar-refractivity contribution in [2.75, 3.05) is 6.54 Å². The number of benzene rings is 1. The van der Waals surface area contributed by atoms with E-state index in [1.807, 2.05) is 6.07 Å². The maximum Gasteiger partial charge on any atom is 0.318 e. The average Bonchev–Trinajstić information content (AvgIpc) is 2.34. The molecule has 0 saturated heterocycles. The molecule has 0 aliphatic heterocycles. The Labute approximate surface area is 113 Å². The van der Waals surface area contributed by atoms with Gasteiger partial charge in [-0.3, -0.25) is 4.79 Å². The van der Waals surface area contributed by atoms with E-state index >= 15 is 0 Å². The highest BCUT2D eigenvalue weighted by atomic mass is 32.2. The van der Waals surface area contributed by atoms with E-state index in [9.17, 15) is 13.2 Å². The van der Waals surface area contributed by atoms with Crippen LogP contribution < -0.4 is 0 Å². The van der Waals surface area contributed by atoms with Crippen LogP contribution in [0.1, 0.15) is 19.4 Å². The SMILES string of the molecule is CC(C)N(CC(=O)O)S(=O)(=O)/C=C/c1ccccc1. The molecule has 0 fully saturated rings. The topological polar surface area (TPSA) is 74.7 Å². The number of carboxylic acids is 1. The van der Waals surface area contributed by atoms with E-state index in [-0.39, 0.29) is 0 Å². The van der Waals surface area contributed by atoms with Crippen molar-refractivity contribution in [1.82, 2.24) is 4.31 Å². The third-order valence-electron chi connectivity index (χ3n) is 2.43. The molecule has 0 radical (unpaired) electrons. The van der Waals surface area contributed by atoms with E-state index in [1.54, 1.807) is 38.1 Å². The Hall–Kier alpha value is -1.66. The van der Waals surface area contributed by atoms with E-state index in [4.69, 9.17) is 5.11 Å². The smallest absolute Gasteiger partial charge is 0.318 e. The molecule has 1 aromatic carbocycles. The lowest BCUT2D eigenvalue weighted by atomic mass is 10.2. The second-order valence-corrected chi connectivity index (χ2v) is 6.06. The minimum atomic E-state index is -3.74. The first-order valence-corrected chi connectivity index (χ1v) is 7.30. The maximum absolute atomic E-state index is 12.1. The number of carbonyl (C=O) groups is 1. The van der Waals surface area contributed by atoms with Crippen LogP contribution >= 0.6 is 0 Å². The van der Waals surface area contributed by atoms with Crippen LogP contribution in [0.15, 0.2) is 35.7 Å². The summed E-state index contributed by atoms with van der Waals surface area (Å²) in [5.74, 6) is -1.18. The molecule has 0 unspecified atom stereocenters. The first kappa shape index (κ1) is 15.4. The Bertz CT molecular complexity index is 549. The highest BCUT2D eigenvalue weighted by Crippen LogP contribution is 2.11. The molecule has 1 N–H and O–H groups in total. The van der Waals surface area contributed by atoms with Crippen LogP contribution in [-0.4, -0.2) is 36.4 Å². The van der Waals surface area contributed by atoms with Gasteiger partial charge in [-0.15, -0.1) is 0 Å². The largest absolute Gasteiger partial charge is 0.480 e. The minimum absolute atomic E-state index is 0.415. The van der Waals surface area contributed by atoms with Crippen LogP contribution in [0.4, 0.5) is 0 Å². The molecule has 5 nitrogen and oxygen atoms in total. The van der Waals surface area contributed by atoms with E-state index in [0.29, 0.717) is 0 Å². The van der Waals surface area contributed by atoms with Gasteiger partial charge in [-0.05, 0) is 25.5 Å². The number of hydrogen-bond donors (Lipinski definition) is 1. The number of rotatable bonds is 6. The molecular formula is C13H17NO4S. The van der Waals surface area contributed by atoms with E-state index in [2.05, 4.69) is 0 Å². The zero-order chi connectivity index (χ0) is 14.5. The lowest BCUT2D eigenvalue weighted by molar-refractivity contribution is -0.137. The number of sulfonamides is 1. The van der Waals surface area contributed by atoms with Crippen LogP contribution in [-0.2, 0) is 14.8 Å². The number of carboxylic acid groups (broad SMARTS) is 1. The fourth-order valence-corrected chi connectivity index (χ4v) is 2.87. The van der Waals surface area contributed by atoms with Crippen molar-refractivity contribution in [3.8, 4) is 0 Å². The van der Waals surface area contributed by atoms with Gasteiger partial charge < -0.3 is 5.11 Å². The van der Waals surface area contributed by atoms with Crippen LogP contribution in [0.5, 0.6) is 0 Å². The maximum atomic E-state index is 12.1. The summed E-state index contributed by atoms with van der Waals surface area (Å²) in [6.45, 7) is 2.73. The minimum Gasteiger partial charge on any atom is -0.480 e. The summed E-state index contributed by atoms with van der Waals surface area (Å²) < 4.78 is 25.1. The number of aliphatic carboxylic acids is 1. The molecule has 0 atom stereocenters. The van der Waals surface area contributed by atoms with Crippen molar-refractivity contribution in [2.45, 2.75) is 19.9 Å². The Morgan fingerprint density at radius 2 is 1.89 bits per heavy atom. The van der Waals surface area contributed by atoms with Gasteiger partial charge in [0.15, 0.2) is 0 Å². The van der Waals surface area contributed by atoms with Crippen molar-refractivity contribution in [1.29, 1.82) is 0 Å². The van der Waals surface area contributed by atoms with Gasteiger partial charge in [0, 0.05) is 11.4 Å². The fourth-order valence-electron chi connectivity index (χ4n) is 1.51. The van der Waals surface area contributed by atoms with Gasteiger partial charge in [-0.1, -0.05) is 30.3 Å². The summed E-state index contributed by atoms with van der Waals surface area (Å²) in [6.07, 6.45) is 1.45. The Balaban J connectivity index is 2.95. The van der Waals surface area contributed by atoms with Gasteiger partial charge in [-0.2, -0.15) is 4.31 Å². The molecule has 19 heavy (non-hydrogen) atoms. The highest BCUT2D eigenvalue weighted by molar-refractivity contribution is 7.92. The molecule has 0 saturated carbocycles. The van der Waals surface area contributed by atoms with Crippen molar-refractivity contribution in [2.24, 2.45) is 0 Å². The van der Waals surface area contributed by atoms with Crippen LogP contribution in [0, 0.1) is 0 Å². The van der Waals surface area contributed by atoms with Crippen molar-refractivity contribution < 1.29 is 18.3 Å². The Morgan fingerprint density at radius 3 is 2.37 bits per heavy atom. The Morgan fingerprint density at radius 1 is 1.32 bits per heavy atom. The van der Waals surface area contributed by atoms with Gasteiger partial charge in [0.05, 0.1) is 0 Å². The van der Waals surface area contributed by atoms with Gasteiger partial charge in [0.1, 0.15) is 6.54 Å². The lowest BCUT2D eigenvalue weighted by Gasteiger charge is -2.22. The molecule has 0 aliphatic carbocycles. The average molecular weight is 283 g/mol. The third-order valence-corrected chi connectivity index (χ3v) is 4.11. The van der Waals surface area contributed by atoms with Gasteiger partial charge in [0.25, 0.3) is 0 Å².